The van der Waals surface area contributed by atoms with Crippen molar-refractivity contribution in [1.29, 1.82) is 5.26 Å². The first-order valence-electron chi connectivity index (χ1n) is 6.45. The van der Waals surface area contributed by atoms with Gasteiger partial charge in [0.15, 0.2) is 0 Å². The van der Waals surface area contributed by atoms with Crippen LogP contribution >= 0.6 is 11.6 Å². The highest BCUT2D eigenvalue weighted by Gasteiger charge is 2.24. The van der Waals surface area contributed by atoms with Crippen molar-refractivity contribution in [3.05, 3.63) is 28.8 Å². The van der Waals surface area contributed by atoms with Gasteiger partial charge in [-0.05, 0) is 37.0 Å². The van der Waals surface area contributed by atoms with Crippen LogP contribution in [-0.2, 0) is 10.0 Å². The van der Waals surface area contributed by atoms with Crippen LogP contribution in [0.5, 0.6) is 0 Å². The zero-order valence-corrected chi connectivity index (χ0v) is 13.8. The van der Waals surface area contributed by atoms with Crippen LogP contribution in [0.3, 0.4) is 0 Å². The van der Waals surface area contributed by atoms with Gasteiger partial charge in [0, 0.05) is 6.54 Å². The van der Waals surface area contributed by atoms with Crippen LogP contribution in [0.2, 0.25) is 5.02 Å². The number of halogens is 1. The maximum atomic E-state index is 12.2. The lowest BCUT2D eigenvalue weighted by atomic mass is 9.87. The van der Waals surface area contributed by atoms with Gasteiger partial charge in [-0.15, -0.1) is 0 Å². The molecule has 2 N–H and O–H groups in total. The lowest BCUT2D eigenvalue weighted by molar-refractivity contribution is 0.131. The highest BCUT2D eigenvalue weighted by atomic mass is 35.5. The van der Waals surface area contributed by atoms with Crippen molar-refractivity contribution in [1.82, 2.24) is 4.72 Å². The Hall–Kier alpha value is -1.13. The molecule has 0 saturated carbocycles. The lowest BCUT2D eigenvalue weighted by Crippen LogP contribution is -2.35. The molecule has 0 aliphatic heterocycles. The van der Waals surface area contributed by atoms with E-state index in [9.17, 15) is 13.5 Å². The quantitative estimate of drug-likeness (QED) is 0.837. The van der Waals surface area contributed by atoms with Crippen LogP contribution in [0.1, 0.15) is 32.8 Å². The van der Waals surface area contributed by atoms with Crippen molar-refractivity contribution in [2.75, 3.05) is 6.54 Å². The Morgan fingerprint density at radius 1 is 1.48 bits per heavy atom. The molecule has 0 heterocycles. The van der Waals surface area contributed by atoms with Crippen molar-refractivity contribution in [3.8, 4) is 6.07 Å². The molecular formula is C14H19ClN2O3S. The molecule has 1 aromatic carbocycles. The first kappa shape index (κ1) is 17.9. The van der Waals surface area contributed by atoms with Crippen LogP contribution in [0.4, 0.5) is 0 Å². The Labute approximate surface area is 130 Å². The van der Waals surface area contributed by atoms with E-state index in [1.165, 1.54) is 18.2 Å². The number of nitrogens with one attached hydrogen (secondary N) is 1. The Kier molecular flexibility index (Phi) is 5.76. The van der Waals surface area contributed by atoms with Gasteiger partial charge in [0.1, 0.15) is 6.07 Å². The highest BCUT2D eigenvalue weighted by molar-refractivity contribution is 7.89. The molecular weight excluding hydrogens is 312 g/mol. The maximum absolute atomic E-state index is 12.2. The second-order valence-electron chi connectivity index (χ2n) is 5.80. The van der Waals surface area contributed by atoms with E-state index in [1.54, 1.807) is 6.92 Å². The van der Waals surface area contributed by atoms with Gasteiger partial charge >= 0.3 is 0 Å². The van der Waals surface area contributed by atoms with Gasteiger partial charge in [-0.1, -0.05) is 25.4 Å². The largest absolute Gasteiger partial charge is 0.393 e. The Morgan fingerprint density at radius 3 is 2.62 bits per heavy atom. The fourth-order valence-electron chi connectivity index (χ4n) is 2.00. The third-order valence-corrected chi connectivity index (χ3v) is 4.69. The zero-order valence-electron chi connectivity index (χ0n) is 12.2. The molecule has 0 radical (unpaired) electrons. The Balaban J connectivity index is 2.91. The zero-order chi connectivity index (χ0) is 16.3. The number of nitriles is 1. The second kappa shape index (κ2) is 6.75. The van der Waals surface area contributed by atoms with Gasteiger partial charge < -0.3 is 5.11 Å². The fourth-order valence-corrected chi connectivity index (χ4v) is 3.43. The molecule has 7 heteroatoms. The molecule has 21 heavy (non-hydrogen) atoms. The molecule has 0 saturated heterocycles. The molecule has 0 aromatic heterocycles. The van der Waals surface area contributed by atoms with E-state index in [-0.39, 0.29) is 27.4 Å². The second-order valence-corrected chi connectivity index (χ2v) is 7.97. The standard InChI is InChI=1S/C14H19ClN2O3S/c1-10(18)7-14(2,3)9-17-21(19,20)12-4-5-13(15)11(6-12)8-16/h4-6,10,17-18H,7,9H2,1-3H3. The van der Waals surface area contributed by atoms with Gasteiger partial charge in [0.25, 0.3) is 0 Å². The summed E-state index contributed by atoms with van der Waals surface area (Å²) < 4.78 is 26.9. The normalized spacial score (nSPS) is 13.7. The van der Waals surface area contributed by atoms with E-state index >= 15 is 0 Å². The van der Waals surface area contributed by atoms with Gasteiger partial charge in [-0.2, -0.15) is 5.26 Å². The van der Waals surface area contributed by atoms with E-state index in [4.69, 9.17) is 16.9 Å². The summed E-state index contributed by atoms with van der Waals surface area (Å²) in [5, 5.41) is 18.5. The summed E-state index contributed by atoms with van der Waals surface area (Å²) in [6, 6.07) is 5.83. The molecule has 1 aromatic rings. The van der Waals surface area contributed by atoms with Gasteiger partial charge in [0.05, 0.1) is 21.6 Å². The number of benzene rings is 1. The molecule has 1 rings (SSSR count). The number of hydrogen-bond acceptors (Lipinski definition) is 4. The number of aliphatic hydroxyl groups is 1. The predicted molar refractivity (Wildman–Crippen MR) is 81.4 cm³/mol. The lowest BCUT2D eigenvalue weighted by Gasteiger charge is -2.26. The van der Waals surface area contributed by atoms with Gasteiger partial charge in [0.2, 0.25) is 10.0 Å². The molecule has 1 unspecified atom stereocenters. The average molecular weight is 331 g/mol. The highest BCUT2D eigenvalue weighted by Crippen LogP contribution is 2.23. The molecule has 0 amide bonds. The fraction of sp³-hybridized carbons (Fsp3) is 0.500. The molecule has 0 bridgehead atoms. The van der Waals surface area contributed by atoms with Crippen LogP contribution < -0.4 is 4.72 Å². The van der Waals surface area contributed by atoms with Crippen LogP contribution in [0, 0.1) is 16.7 Å². The summed E-state index contributed by atoms with van der Waals surface area (Å²) in [4.78, 5) is -0.00343. The minimum atomic E-state index is -3.72. The number of rotatable bonds is 6. The molecule has 0 spiro atoms. The number of aliphatic hydroxyl groups excluding tert-OH is 1. The van der Waals surface area contributed by atoms with Crippen molar-refractivity contribution in [2.45, 2.75) is 38.2 Å². The number of nitrogens with zero attached hydrogens (tertiary/aromatic N) is 1. The first-order valence-corrected chi connectivity index (χ1v) is 8.31. The van der Waals surface area contributed by atoms with Crippen molar-refractivity contribution >= 4 is 21.6 Å². The Morgan fingerprint density at radius 2 is 2.10 bits per heavy atom. The van der Waals surface area contributed by atoms with E-state index in [2.05, 4.69) is 4.72 Å². The molecule has 5 nitrogen and oxygen atoms in total. The molecule has 0 fully saturated rings. The van der Waals surface area contributed by atoms with Crippen LogP contribution in [-0.4, -0.2) is 26.2 Å². The summed E-state index contributed by atoms with van der Waals surface area (Å²) in [5.74, 6) is 0. The average Bonchev–Trinajstić information content (AvgIpc) is 2.35. The molecule has 1 atom stereocenters. The molecule has 0 aliphatic carbocycles. The summed E-state index contributed by atoms with van der Waals surface area (Å²) in [5.41, 5.74) is -0.270. The van der Waals surface area contributed by atoms with E-state index < -0.39 is 16.1 Å². The van der Waals surface area contributed by atoms with E-state index in [0.29, 0.717) is 6.42 Å². The third kappa shape index (κ3) is 5.29. The first-order chi connectivity index (χ1) is 9.57. The monoisotopic (exact) mass is 330 g/mol. The van der Waals surface area contributed by atoms with E-state index in [1.807, 2.05) is 19.9 Å². The van der Waals surface area contributed by atoms with Gasteiger partial charge in [-0.25, -0.2) is 13.1 Å². The summed E-state index contributed by atoms with van der Waals surface area (Å²) >= 11 is 5.79. The van der Waals surface area contributed by atoms with Crippen LogP contribution in [0.15, 0.2) is 23.1 Å². The van der Waals surface area contributed by atoms with Gasteiger partial charge in [-0.3, -0.25) is 0 Å². The smallest absolute Gasteiger partial charge is 0.240 e. The number of hydrogen-bond donors (Lipinski definition) is 2. The van der Waals surface area contributed by atoms with Crippen molar-refractivity contribution in [2.24, 2.45) is 5.41 Å². The summed E-state index contributed by atoms with van der Waals surface area (Å²) in [7, 11) is -3.72. The van der Waals surface area contributed by atoms with E-state index in [0.717, 1.165) is 0 Å². The third-order valence-electron chi connectivity index (χ3n) is 2.96. The SMILES string of the molecule is CC(O)CC(C)(C)CNS(=O)(=O)c1ccc(Cl)c(C#N)c1. The predicted octanol–water partition coefficient (Wildman–Crippen LogP) is 2.29. The van der Waals surface area contributed by atoms with Crippen molar-refractivity contribution < 1.29 is 13.5 Å². The minimum Gasteiger partial charge on any atom is -0.393 e. The van der Waals surface area contributed by atoms with Crippen LogP contribution in [0.25, 0.3) is 0 Å². The summed E-state index contributed by atoms with van der Waals surface area (Å²) in [6.07, 6.45) is -0.0372. The number of sulfonamides is 1. The Bertz CT molecular complexity index is 649. The van der Waals surface area contributed by atoms with Crippen molar-refractivity contribution in [3.63, 3.8) is 0 Å². The molecule has 0 aliphatic rings. The topological polar surface area (TPSA) is 90.2 Å². The maximum Gasteiger partial charge on any atom is 0.240 e. The summed E-state index contributed by atoms with van der Waals surface area (Å²) in [6.45, 7) is 5.58. The minimum absolute atomic E-state index is 0.00343. The molecule has 116 valence electrons.